The summed E-state index contributed by atoms with van der Waals surface area (Å²) in [6.45, 7) is 2.77. The van der Waals surface area contributed by atoms with Crippen LogP contribution in [0.15, 0.2) is 52.0 Å². The van der Waals surface area contributed by atoms with Crippen molar-refractivity contribution in [2.45, 2.75) is 30.8 Å². The fraction of sp³-hybridized carbons (Fsp3) is 0.312. The number of nitrogens with one attached hydrogen (secondary N) is 1. The molecule has 1 unspecified atom stereocenters. The van der Waals surface area contributed by atoms with Crippen molar-refractivity contribution in [2.24, 2.45) is 0 Å². The van der Waals surface area contributed by atoms with Gasteiger partial charge in [0.1, 0.15) is 5.76 Å². The molecule has 6 nitrogen and oxygen atoms in total. The van der Waals surface area contributed by atoms with E-state index in [1.807, 2.05) is 0 Å². The summed E-state index contributed by atoms with van der Waals surface area (Å²) in [6, 6.07) is 9.05. The van der Waals surface area contributed by atoms with Crippen LogP contribution in [0.4, 0.5) is 0 Å². The normalized spacial score (nSPS) is 14.4. The molecule has 2 rings (SSSR count). The number of Topliss-reactive ketones (excluding diaryl/α,β-unsaturated/α-hetero) is 1. The van der Waals surface area contributed by atoms with Crippen molar-refractivity contribution < 1.29 is 22.7 Å². The average Bonchev–Trinajstić information content (AvgIpc) is 2.98. The van der Waals surface area contributed by atoms with Gasteiger partial charge in [-0.2, -0.15) is 0 Å². The van der Waals surface area contributed by atoms with Crippen molar-refractivity contribution in [1.29, 1.82) is 0 Å². The monoisotopic (exact) mass is 337 g/mol. The van der Waals surface area contributed by atoms with Gasteiger partial charge in [0.2, 0.25) is 10.0 Å². The van der Waals surface area contributed by atoms with Gasteiger partial charge >= 0.3 is 0 Å². The first-order chi connectivity index (χ1) is 10.7. The lowest BCUT2D eigenvalue weighted by Crippen LogP contribution is -2.42. The van der Waals surface area contributed by atoms with Gasteiger partial charge in [-0.05, 0) is 38.1 Å². The Labute approximate surface area is 135 Å². The van der Waals surface area contributed by atoms with E-state index in [1.165, 1.54) is 44.4 Å². The maximum Gasteiger partial charge on any atom is 0.240 e. The van der Waals surface area contributed by atoms with Gasteiger partial charge in [-0.1, -0.05) is 12.1 Å². The molecule has 23 heavy (non-hydrogen) atoms. The average molecular weight is 337 g/mol. The zero-order chi connectivity index (χ0) is 17.1. The van der Waals surface area contributed by atoms with Gasteiger partial charge in [0.15, 0.2) is 5.78 Å². The van der Waals surface area contributed by atoms with Crippen molar-refractivity contribution in [3.63, 3.8) is 0 Å². The van der Waals surface area contributed by atoms with Crippen molar-refractivity contribution in [1.82, 2.24) is 4.72 Å². The first-order valence-electron chi connectivity index (χ1n) is 7.05. The number of sulfonamides is 1. The standard InChI is InChI=1S/C16H19NO5S/c1-12(18)13-5-7-15(8-6-13)23(20,21)17-11-16(2,19)10-14-4-3-9-22-14/h3-9,17,19H,10-11H2,1-2H3. The zero-order valence-electron chi connectivity index (χ0n) is 12.9. The highest BCUT2D eigenvalue weighted by Gasteiger charge is 2.25. The van der Waals surface area contributed by atoms with Crippen LogP contribution in [0, 0.1) is 0 Å². The number of ketones is 1. The first-order valence-corrected chi connectivity index (χ1v) is 8.53. The lowest BCUT2D eigenvalue weighted by atomic mass is 10.0. The summed E-state index contributed by atoms with van der Waals surface area (Å²) in [7, 11) is -3.77. The van der Waals surface area contributed by atoms with E-state index in [0.717, 1.165) is 0 Å². The van der Waals surface area contributed by atoms with E-state index in [-0.39, 0.29) is 23.6 Å². The summed E-state index contributed by atoms with van der Waals surface area (Å²) in [5, 5.41) is 10.3. The molecule has 1 aromatic carbocycles. The zero-order valence-corrected chi connectivity index (χ0v) is 13.8. The van der Waals surface area contributed by atoms with E-state index in [0.29, 0.717) is 11.3 Å². The molecule has 0 bridgehead atoms. The lowest BCUT2D eigenvalue weighted by molar-refractivity contribution is 0.0603. The minimum atomic E-state index is -3.77. The number of hydrogen-bond donors (Lipinski definition) is 2. The minimum Gasteiger partial charge on any atom is -0.469 e. The molecular formula is C16H19NO5S. The van der Waals surface area contributed by atoms with Crippen LogP contribution in [0.1, 0.15) is 30.0 Å². The molecule has 0 fully saturated rings. The molecular weight excluding hydrogens is 318 g/mol. The van der Waals surface area contributed by atoms with Crippen LogP contribution < -0.4 is 4.72 Å². The number of aliphatic hydroxyl groups is 1. The van der Waals surface area contributed by atoms with Crippen molar-refractivity contribution in [2.75, 3.05) is 6.54 Å². The van der Waals surface area contributed by atoms with Crippen molar-refractivity contribution in [3.8, 4) is 0 Å². The van der Waals surface area contributed by atoms with E-state index in [9.17, 15) is 18.3 Å². The Balaban J connectivity index is 2.04. The van der Waals surface area contributed by atoms with Crippen LogP contribution >= 0.6 is 0 Å². The number of furan rings is 1. The third-order valence-corrected chi connectivity index (χ3v) is 4.77. The largest absolute Gasteiger partial charge is 0.469 e. The van der Waals surface area contributed by atoms with Crippen molar-refractivity contribution >= 4 is 15.8 Å². The predicted octanol–water partition coefficient (Wildman–Crippen LogP) is 1.75. The summed E-state index contributed by atoms with van der Waals surface area (Å²) in [6.07, 6.45) is 1.68. The molecule has 0 aliphatic rings. The summed E-state index contributed by atoms with van der Waals surface area (Å²) in [5.41, 5.74) is -0.849. The third kappa shape index (κ3) is 4.75. The summed E-state index contributed by atoms with van der Waals surface area (Å²) in [5.74, 6) is 0.434. The summed E-state index contributed by atoms with van der Waals surface area (Å²) >= 11 is 0. The number of hydrogen-bond acceptors (Lipinski definition) is 5. The molecule has 1 atom stereocenters. The predicted molar refractivity (Wildman–Crippen MR) is 84.7 cm³/mol. The molecule has 2 N–H and O–H groups in total. The molecule has 0 saturated heterocycles. The second-order valence-corrected chi connectivity index (χ2v) is 7.43. The van der Waals surface area contributed by atoms with E-state index in [2.05, 4.69) is 4.72 Å². The molecule has 1 aromatic heterocycles. The van der Waals surface area contributed by atoms with Crippen LogP contribution in [0.3, 0.4) is 0 Å². The fourth-order valence-corrected chi connectivity index (χ4v) is 3.22. The lowest BCUT2D eigenvalue weighted by Gasteiger charge is -2.22. The second kappa shape index (κ2) is 6.66. The highest BCUT2D eigenvalue weighted by Crippen LogP contribution is 2.15. The number of rotatable bonds is 7. The molecule has 2 aromatic rings. The second-order valence-electron chi connectivity index (χ2n) is 5.66. The van der Waals surface area contributed by atoms with E-state index in [1.54, 1.807) is 12.1 Å². The Morgan fingerprint density at radius 2 is 1.91 bits per heavy atom. The summed E-state index contributed by atoms with van der Waals surface area (Å²) in [4.78, 5) is 11.2. The van der Waals surface area contributed by atoms with Crippen LogP contribution in [0.25, 0.3) is 0 Å². The molecule has 0 aliphatic carbocycles. The Kier molecular flexibility index (Phi) is 5.03. The topological polar surface area (TPSA) is 96.6 Å². The summed E-state index contributed by atoms with van der Waals surface area (Å²) < 4.78 is 32.0. The molecule has 7 heteroatoms. The van der Waals surface area contributed by atoms with Gasteiger partial charge in [-0.3, -0.25) is 4.79 Å². The maximum absolute atomic E-state index is 12.2. The Morgan fingerprint density at radius 3 is 2.43 bits per heavy atom. The van der Waals surface area contributed by atoms with Gasteiger partial charge in [0.25, 0.3) is 0 Å². The smallest absolute Gasteiger partial charge is 0.240 e. The Hall–Kier alpha value is -1.96. The van der Waals surface area contributed by atoms with Gasteiger partial charge in [0, 0.05) is 18.5 Å². The fourth-order valence-electron chi connectivity index (χ4n) is 2.05. The molecule has 0 radical (unpaired) electrons. The van der Waals surface area contributed by atoms with Crippen LogP contribution in [-0.4, -0.2) is 31.5 Å². The SMILES string of the molecule is CC(=O)c1ccc(S(=O)(=O)NCC(C)(O)Cc2ccco2)cc1. The van der Waals surface area contributed by atoms with Gasteiger partial charge in [0.05, 0.1) is 16.8 Å². The minimum absolute atomic E-state index is 0.0382. The highest BCUT2D eigenvalue weighted by atomic mass is 32.2. The van der Waals surface area contributed by atoms with E-state index < -0.39 is 15.6 Å². The van der Waals surface area contributed by atoms with Gasteiger partial charge in [-0.25, -0.2) is 13.1 Å². The molecule has 0 amide bonds. The third-order valence-electron chi connectivity index (χ3n) is 3.35. The molecule has 0 spiro atoms. The molecule has 124 valence electrons. The quantitative estimate of drug-likeness (QED) is 0.750. The van der Waals surface area contributed by atoms with Crippen molar-refractivity contribution in [3.05, 3.63) is 54.0 Å². The Bertz CT molecular complexity index is 761. The van der Waals surface area contributed by atoms with E-state index >= 15 is 0 Å². The number of carbonyl (C=O) groups excluding carboxylic acids is 1. The highest BCUT2D eigenvalue weighted by molar-refractivity contribution is 7.89. The van der Waals surface area contributed by atoms with Crippen LogP contribution in [0.2, 0.25) is 0 Å². The number of carbonyl (C=O) groups is 1. The van der Waals surface area contributed by atoms with Crippen LogP contribution in [0.5, 0.6) is 0 Å². The van der Waals surface area contributed by atoms with E-state index in [4.69, 9.17) is 4.42 Å². The number of benzene rings is 1. The first kappa shape index (κ1) is 17.4. The van der Waals surface area contributed by atoms with Crippen LogP contribution in [-0.2, 0) is 16.4 Å². The maximum atomic E-state index is 12.2. The molecule has 1 heterocycles. The van der Waals surface area contributed by atoms with Gasteiger partial charge in [-0.15, -0.1) is 0 Å². The van der Waals surface area contributed by atoms with Gasteiger partial charge < -0.3 is 9.52 Å². The Morgan fingerprint density at radius 1 is 1.26 bits per heavy atom. The molecule has 0 aliphatic heterocycles. The molecule has 0 saturated carbocycles.